The second-order valence-electron chi connectivity index (χ2n) is 4.02. The summed E-state index contributed by atoms with van der Waals surface area (Å²) in [4.78, 5) is 24.6. The van der Waals surface area contributed by atoms with Gasteiger partial charge in [-0.3, -0.25) is 9.52 Å². The van der Waals surface area contributed by atoms with E-state index in [-0.39, 0.29) is 24.4 Å². The smallest absolute Gasteiger partial charge is 0.354 e. The minimum atomic E-state index is -3.82. The van der Waals surface area contributed by atoms with Gasteiger partial charge in [0.15, 0.2) is 0 Å². The van der Waals surface area contributed by atoms with Gasteiger partial charge in [0, 0.05) is 5.69 Å². The quantitative estimate of drug-likeness (QED) is 0.637. The fourth-order valence-corrected chi connectivity index (χ4v) is 2.54. The number of carbonyl (C=O) groups is 2. The Balaban J connectivity index is 2.76. The van der Waals surface area contributed by atoms with Crippen molar-refractivity contribution in [3.63, 3.8) is 0 Å². The molecule has 0 bridgehead atoms. The van der Waals surface area contributed by atoms with Crippen LogP contribution in [0.2, 0.25) is 0 Å². The molecule has 0 amide bonds. The van der Waals surface area contributed by atoms with Crippen molar-refractivity contribution in [2.75, 3.05) is 17.1 Å². The Kier molecular flexibility index (Phi) is 5.14. The first-order valence-corrected chi connectivity index (χ1v) is 7.49. The molecular weight excluding hydrogens is 288 g/mol. The lowest BCUT2D eigenvalue weighted by atomic mass is 10.4. The Morgan fingerprint density at radius 2 is 2.10 bits per heavy atom. The molecule has 20 heavy (non-hydrogen) atoms. The third kappa shape index (κ3) is 4.57. The number of rotatable bonds is 7. The standard InChI is InChI=1S/C11H16N2O6S/c1-3-19-9(14)4-5-20(17,18)13-8-6-7(2)12-10(8)11(15)16/h6,12-13H,3-5H2,1-2H3,(H,15,16). The molecule has 0 atom stereocenters. The summed E-state index contributed by atoms with van der Waals surface area (Å²) in [7, 11) is -3.82. The number of aryl methyl sites for hydroxylation is 1. The van der Waals surface area contributed by atoms with E-state index in [1.54, 1.807) is 13.8 Å². The van der Waals surface area contributed by atoms with Crippen molar-refractivity contribution < 1.29 is 27.9 Å². The maximum atomic E-state index is 11.8. The maximum Gasteiger partial charge on any atom is 0.354 e. The van der Waals surface area contributed by atoms with Crippen LogP contribution in [0.5, 0.6) is 0 Å². The molecule has 0 aromatic carbocycles. The van der Waals surface area contributed by atoms with Gasteiger partial charge in [0.2, 0.25) is 10.0 Å². The van der Waals surface area contributed by atoms with Gasteiger partial charge in [-0.05, 0) is 19.9 Å². The highest BCUT2D eigenvalue weighted by Gasteiger charge is 2.19. The van der Waals surface area contributed by atoms with Crippen LogP contribution in [-0.2, 0) is 19.6 Å². The average Bonchev–Trinajstić information content (AvgIpc) is 2.67. The molecule has 1 rings (SSSR count). The highest BCUT2D eigenvalue weighted by Crippen LogP contribution is 2.18. The number of esters is 1. The molecule has 3 N–H and O–H groups in total. The molecule has 0 fully saturated rings. The highest BCUT2D eigenvalue weighted by molar-refractivity contribution is 7.92. The van der Waals surface area contributed by atoms with Gasteiger partial charge in [0.25, 0.3) is 0 Å². The fraction of sp³-hybridized carbons (Fsp3) is 0.455. The first kappa shape index (κ1) is 16.0. The van der Waals surface area contributed by atoms with Gasteiger partial charge < -0.3 is 14.8 Å². The zero-order valence-corrected chi connectivity index (χ0v) is 11.9. The van der Waals surface area contributed by atoms with Crippen molar-refractivity contribution in [3.8, 4) is 0 Å². The third-order valence-corrected chi connectivity index (χ3v) is 3.58. The number of hydrogen-bond acceptors (Lipinski definition) is 5. The lowest BCUT2D eigenvalue weighted by Crippen LogP contribution is -2.20. The fourth-order valence-electron chi connectivity index (χ4n) is 1.51. The second-order valence-corrected chi connectivity index (χ2v) is 5.86. The van der Waals surface area contributed by atoms with E-state index in [0.717, 1.165) is 0 Å². The van der Waals surface area contributed by atoms with Gasteiger partial charge in [-0.25, -0.2) is 13.2 Å². The van der Waals surface area contributed by atoms with E-state index in [2.05, 4.69) is 14.4 Å². The van der Waals surface area contributed by atoms with Gasteiger partial charge in [0.1, 0.15) is 5.69 Å². The first-order chi connectivity index (χ1) is 9.25. The van der Waals surface area contributed by atoms with Crippen LogP contribution in [0.25, 0.3) is 0 Å². The van der Waals surface area contributed by atoms with Crippen molar-refractivity contribution in [1.29, 1.82) is 0 Å². The number of nitrogens with one attached hydrogen (secondary N) is 2. The molecule has 9 heteroatoms. The lowest BCUT2D eigenvalue weighted by molar-refractivity contribution is -0.142. The molecule has 0 aliphatic rings. The molecular formula is C11H16N2O6S. The van der Waals surface area contributed by atoms with Crippen LogP contribution in [0.15, 0.2) is 6.07 Å². The molecule has 1 aromatic rings. The van der Waals surface area contributed by atoms with Crippen molar-refractivity contribution >= 4 is 27.6 Å². The molecule has 0 spiro atoms. The number of carboxylic acid groups (broad SMARTS) is 1. The first-order valence-electron chi connectivity index (χ1n) is 5.84. The SMILES string of the molecule is CCOC(=O)CCS(=O)(=O)Nc1cc(C)[nH]c1C(=O)O. The minimum absolute atomic E-state index is 0.0566. The third-order valence-electron chi connectivity index (χ3n) is 2.31. The number of aromatic amines is 1. The molecule has 1 heterocycles. The van der Waals surface area contributed by atoms with Crippen LogP contribution in [-0.4, -0.2) is 42.8 Å². The predicted octanol–water partition coefficient (Wildman–Crippen LogP) is 0.716. The molecule has 0 aliphatic carbocycles. The van der Waals surface area contributed by atoms with Crippen LogP contribution in [0.3, 0.4) is 0 Å². The van der Waals surface area contributed by atoms with Crippen molar-refractivity contribution in [3.05, 3.63) is 17.5 Å². The second kappa shape index (κ2) is 6.42. The zero-order chi connectivity index (χ0) is 15.3. The predicted molar refractivity (Wildman–Crippen MR) is 71.1 cm³/mol. The van der Waals surface area contributed by atoms with Crippen molar-refractivity contribution in [1.82, 2.24) is 4.98 Å². The van der Waals surface area contributed by atoms with E-state index in [4.69, 9.17) is 5.11 Å². The molecule has 0 saturated carbocycles. The Morgan fingerprint density at radius 3 is 2.65 bits per heavy atom. The Bertz CT molecular complexity index is 604. The summed E-state index contributed by atoms with van der Waals surface area (Å²) < 4.78 is 30.3. The van der Waals surface area contributed by atoms with E-state index >= 15 is 0 Å². The molecule has 8 nitrogen and oxygen atoms in total. The largest absolute Gasteiger partial charge is 0.477 e. The number of hydrogen-bond donors (Lipinski definition) is 3. The van der Waals surface area contributed by atoms with Gasteiger partial charge >= 0.3 is 11.9 Å². The van der Waals surface area contributed by atoms with Crippen LogP contribution in [0, 0.1) is 6.92 Å². The topological polar surface area (TPSA) is 126 Å². The van der Waals surface area contributed by atoms with Gasteiger partial charge in [-0.15, -0.1) is 0 Å². The number of ether oxygens (including phenoxy) is 1. The van der Waals surface area contributed by atoms with E-state index in [1.807, 2.05) is 0 Å². The molecule has 1 aromatic heterocycles. The molecule has 0 aliphatic heterocycles. The molecule has 0 saturated heterocycles. The number of H-pyrrole nitrogens is 1. The van der Waals surface area contributed by atoms with E-state index in [0.29, 0.717) is 5.69 Å². The normalized spacial score (nSPS) is 11.1. The van der Waals surface area contributed by atoms with E-state index < -0.39 is 27.7 Å². The highest BCUT2D eigenvalue weighted by atomic mass is 32.2. The Hall–Kier alpha value is -2.03. The average molecular weight is 304 g/mol. The van der Waals surface area contributed by atoms with Crippen molar-refractivity contribution in [2.24, 2.45) is 0 Å². The number of aromatic nitrogens is 1. The summed E-state index contributed by atoms with van der Waals surface area (Å²) in [6, 6.07) is 1.37. The van der Waals surface area contributed by atoms with Crippen LogP contribution < -0.4 is 4.72 Å². The van der Waals surface area contributed by atoms with Gasteiger partial charge in [-0.1, -0.05) is 0 Å². The van der Waals surface area contributed by atoms with Crippen LogP contribution >= 0.6 is 0 Å². The van der Waals surface area contributed by atoms with Gasteiger partial charge in [0.05, 0.1) is 24.5 Å². The molecule has 0 radical (unpaired) electrons. The van der Waals surface area contributed by atoms with Gasteiger partial charge in [-0.2, -0.15) is 0 Å². The summed E-state index contributed by atoms with van der Waals surface area (Å²) in [5, 5.41) is 8.92. The van der Waals surface area contributed by atoms with Crippen LogP contribution in [0.1, 0.15) is 29.5 Å². The molecule has 112 valence electrons. The van der Waals surface area contributed by atoms with E-state index in [9.17, 15) is 18.0 Å². The number of anilines is 1. The maximum absolute atomic E-state index is 11.8. The monoisotopic (exact) mass is 304 g/mol. The zero-order valence-electron chi connectivity index (χ0n) is 11.1. The van der Waals surface area contributed by atoms with E-state index in [1.165, 1.54) is 6.07 Å². The number of carboxylic acids is 1. The van der Waals surface area contributed by atoms with Crippen LogP contribution in [0.4, 0.5) is 5.69 Å². The Labute approximate surface area is 116 Å². The number of aromatic carboxylic acids is 1. The molecule has 0 unspecified atom stereocenters. The Morgan fingerprint density at radius 1 is 1.45 bits per heavy atom. The minimum Gasteiger partial charge on any atom is -0.477 e. The lowest BCUT2D eigenvalue weighted by Gasteiger charge is -2.07. The summed E-state index contributed by atoms with van der Waals surface area (Å²) in [5.74, 6) is -2.38. The summed E-state index contributed by atoms with van der Waals surface area (Å²) >= 11 is 0. The number of sulfonamides is 1. The van der Waals surface area contributed by atoms with Crippen molar-refractivity contribution in [2.45, 2.75) is 20.3 Å². The summed E-state index contributed by atoms with van der Waals surface area (Å²) in [6.45, 7) is 3.39. The number of carbonyl (C=O) groups excluding carboxylic acids is 1. The summed E-state index contributed by atoms with van der Waals surface area (Å²) in [6.07, 6.45) is -0.297. The summed E-state index contributed by atoms with van der Waals surface area (Å²) in [5.41, 5.74) is 0.201.